The Hall–Kier alpha value is -1.29. The Morgan fingerprint density at radius 1 is 1.35 bits per heavy atom. The number of aromatic nitrogens is 1. The molecule has 0 aliphatic carbocycles. The van der Waals surface area contributed by atoms with Crippen molar-refractivity contribution in [2.24, 2.45) is 5.92 Å². The number of hydrogen-bond acceptors (Lipinski definition) is 2. The first-order chi connectivity index (χ1) is 9.79. The molecule has 2 aliphatic rings. The van der Waals surface area contributed by atoms with E-state index in [-0.39, 0.29) is 5.91 Å². The molecule has 4 heteroatoms. The maximum atomic E-state index is 12.6. The van der Waals surface area contributed by atoms with E-state index in [1.807, 2.05) is 27.8 Å². The van der Waals surface area contributed by atoms with Crippen LogP contribution in [0.4, 0.5) is 0 Å². The van der Waals surface area contributed by atoms with Crippen LogP contribution in [0.2, 0.25) is 0 Å². The standard InChI is InChI=1S/C16H25N3O/c1-2-18-10-4-6-15(18)16(20)19-11-7-13(8-12-19)14-5-3-9-17-14/h4,6,10,13-14,17H,2-3,5,7-9,11-12H2,1H3. The van der Waals surface area contributed by atoms with Gasteiger partial charge in [0.25, 0.3) is 5.91 Å². The van der Waals surface area contributed by atoms with Gasteiger partial charge in [-0.05, 0) is 57.2 Å². The lowest BCUT2D eigenvalue weighted by Gasteiger charge is -2.35. The van der Waals surface area contributed by atoms with Crippen LogP contribution in [0.25, 0.3) is 0 Å². The first kappa shape index (κ1) is 13.7. The summed E-state index contributed by atoms with van der Waals surface area (Å²) in [5, 5.41) is 3.61. The summed E-state index contributed by atoms with van der Waals surface area (Å²) in [4.78, 5) is 14.6. The van der Waals surface area contributed by atoms with E-state index in [9.17, 15) is 4.79 Å². The third-order valence-corrected chi connectivity index (χ3v) is 4.88. The Bertz CT molecular complexity index is 454. The highest BCUT2D eigenvalue weighted by Gasteiger charge is 2.30. The normalized spacial score (nSPS) is 24.2. The minimum absolute atomic E-state index is 0.203. The SMILES string of the molecule is CCn1cccc1C(=O)N1CCC(C2CCCN2)CC1. The van der Waals surface area contributed by atoms with Crippen molar-refractivity contribution in [1.82, 2.24) is 14.8 Å². The second-order valence-electron chi connectivity index (χ2n) is 6.01. The molecule has 1 atom stereocenters. The Balaban J connectivity index is 1.59. The van der Waals surface area contributed by atoms with E-state index in [2.05, 4.69) is 12.2 Å². The Morgan fingerprint density at radius 3 is 2.80 bits per heavy atom. The van der Waals surface area contributed by atoms with Gasteiger partial charge in [-0.15, -0.1) is 0 Å². The fraction of sp³-hybridized carbons (Fsp3) is 0.688. The highest BCUT2D eigenvalue weighted by Crippen LogP contribution is 2.26. The van der Waals surface area contributed by atoms with E-state index in [1.54, 1.807) is 0 Å². The van der Waals surface area contributed by atoms with Crippen LogP contribution in [0.15, 0.2) is 18.3 Å². The van der Waals surface area contributed by atoms with Crippen molar-refractivity contribution in [2.75, 3.05) is 19.6 Å². The second kappa shape index (κ2) is 6.00. The van der Waals surface area contributed by atoms with Crippen LogP contribution in [-0.2, 0) is 6.54 Å². The topological polar surface area (TPSA) is 37.3 Å². The van der Waals surface area contributed by atoms with Gasteiger partial charge in [-0.2, -0.15) is 0 Å². The number of piperidine rings is 1. The van der Waals surface area contributed by atoms with E-state index in [4.69, 9.17) is 0 Å². The Morgan fingerprint density at radius 2 is 2.15 bits per heavy atom. The number of carbonyl (C=O) groups excluding carboxylic acids is 1. The maximum absolute atomic E-state index is 12.6. The first-order valence-corrected chi connectivity index (χ1v) is 7.97. The smallest absolute Gasteiger partial charge is 0.270 e. The summed E-state index contributed by atoms with van der Waals surface area (Å²) in [6, 6.07) is 4.61. The van der Waals surface area contributed by atoms with Crippen molar-refractivity contribution in [2.45, 2.75) is 45.2 Å². The molecule has 2 fully saturated rings. The van der Waals surface area contributed by atoms with E-state index in [0.29, 0.717) is 6.04 Å². The molecule has 110 valence electrons. The molecule has 0 saturated carbocycles. The molecule has 1 amide bonds. The van der Waals surface area contributed by atoms with Crippen molar-refractivity contribution >= 4 is 5.91 Å². The van der Waals surface area contributed by atoms with Crippen LogP contribution in [0, 0.1) is 5.92 Å². The molecule has 3 rings (SSSR count). The van der Waals surface area contributed by atoms with Crippen molar-refractivity contribution in [3.63, 3.8) is 0 Å². The fourth-order valence-corrected chi connectivity index (χ4v) is 3.66. The number of hydrogen-bond donors (Lipinski definition) is 1. The molecule has 0 aromatic carbocycles. The van der Waals surface area contributed by atoms with Crippen LogP contribution in [0.3, 0.4) is 0 Å². The van der Waals surface area contributed by atoms with Crippen molar-refractivity contribution < 1.29 is 4.79 Å². The first-order valence-electron chi connectivity index (χ1n) is 7.97. The van der Waals surface area contributed by atoms with E-state index in [0.717, 1.165) is 44.1 Å². The van der Waals surface area contributed by atoms with Gasteiger partial charge >= 0.3 is 0 Å². The van der Waals surface area contributed by atoms with Gasteiger partial charge in [0.1, 0.15) is 5.69 Å². The Labute approximate surface area is 121 Å². The minimum Gasteiger partial charge on any atom is -0.344 e. The van der Waals surface area contributed by atoms with Gasteiger partial charge in [0.05, 0.1) is 0 Å². The summed E-state index contributed by atoms with van der Waals surface area (Å²) in [6.45, 7) is 5.94. The molecular formula is C16H25N3O. The molecule has 1 aromatic rings. The lowest BCUT2D eigenvalue weighted by Crippen LogP contribution is -2.43. The van der Waals surface area contributed by atoms with Gasteiger partial charge in [0.2, 0.25) is 0 Å². The van der Waals surface area contributed by atoms with Crippen molar-refractivity contribution in [1.29, 1.82) is 0 Å². The molecule has 3 heterocycles. The number of likely N-dealkylation sites (tertiary alicyclic amines) is 1. The monoisotopic (exact) mass is 275 g/mol. The van der Waals surface area contributed by atoms with Crippen molar-refractivity contribution in [3.8, 4) is 0 Å². The number of nitrogens with one attached hydrogen (secondary N) is 1. The lowest BCUT2D eigenvalue weighted by molar-refractivity contribution is 0.0663. The molecule has 2 aliphatic heterocycles. The van der Waals surface area contributed by atoms with Crippen LogP contribution >= 0.6 is 0 Å². The molecule has 1 unspecified atom stereocenters. The molecule has 0 radical (unpaired) electrons. The highest BCUT2D eigenvalue weighted by molar-refractivity contribution is 5.92. The van der Waals surface area contributed by atoms with Crippen molar-refractivity contribution in [3.05, 3.63) is 24.0 Å². The molecule has 1 N–H and O–H groups in total. The fourth-order valence-electron chi connectivity index (χ4n) is 3.66. The summed E-state index contributed by atoms with van der Waals surface area (Å²) >= 11 is 0. The number of amides is 1. The highest BCUT2D eigenvalue weighted by atomic mass is 16.2. The van der Waals surface area contributed by atoms with Crippen LogP contribution in [0.1, 0.15) is 43.1 Å². The molecule has 0 spiro atoms. The van der Waals surface area contributed by atoms with Gasteiger partial charge in [-0.25, -0.2) is 0 Å². The van der Waals surface area contributed by atoms with Gasteiger partial charge in [0.15, 0.2) is 0 Å². The third-order valence-electron chi connectivity index (χ3n) is 4.88. The van der Waals surface area contributed by atoms with Crippen LogP contribution in [-0.4, -0.2) is 41.1 Å². The van der Waals surface area contributed by atoms with E-state index >= 15 is 0 Å². The summed E-state index contributed by atoms with van der Waals surface area (Å²) in [6.07, 6.45) is 6.92. The summed E-state index contributed by atoms with van der Waals surface area (Å²) in [7, 11) is 0. The largest absolute Gasteiger partial charge is 0.344 e. The molecule has 0 bridgehead atoms. The predicted octanol–water partition coefficient (Wildman–Crippen LogP) is 2.11. The average molecular weight is 275 g/mol. The Kier molecular flexibility index (Phi) is 4.10. The summed E-state index contributed by atoms with van der Waals surface area (Å²) in [5.41, 5.74) is 0.838. The van der Waals surface area contributed by atoms with Gasteiger partial charge < -0.3 is 14.8 Å². The molecule has 2 saturated heterocycles. The summed E-state index contributed by atoms with van der Waals surface area (Å²) < 4.78 is 2.03. The third kappa shape index (κ3) is 2.62. The number of carbonyl (C=O) groups is 1. The summed E-state index contributed by atoms with van der Waals surface area (Å²) in [5.74, 6) is 0.967. The molecule has 20 heavy (non-hydrogen) atoms. The van der Waals surface area contributed by atoms with E-state index in [1.165, 1.54) is 19.4 Å². The quantitative estimate of drug-likeness (QED) is 0.917. The average Bonchev–Trinajstić information content (AvgIpc) is 3.17. The zero-order valence-corrected chi connectivity index (χ0v) is 12.3. The van der Waals surface area contributed by atoms with Gasteiger partial charge in [-0.1, -0.05) is 0 Å². The zero-order chi connectivity index (χ0) is 13.9. The van der Waals surface area contributed by atoms with Crippen LogP contribution in [0.5, 0.6) is 0 Å². The van der Waals surface area contributed by atoms with E-state index < -0.39 is 0 Å². The number of rotatable bonds is 3. The van der Waals surface area contributed by atoms with Crippen LogP contribution < -0.4 is 5.32 Å². The van der Waals surface area contributed by atoms with Gasteiger partial charge in [0, 0.05) is 31.9 Å². The predicted molar refractivity (Wildman–Crippen MR) is 79.8 cm³/mol. The number of aryl methyl sites for hydroxylation is 1. The molecule has 1 aromatic heterocycles. The molecular weight excluding hydrogens is 250 g/mol. The maximum Gasteiger partial charge on any atom is 0.270 e. The number of nitrogens with zero attached hydrogens (tertiary/aromatic N) is 2. The minimum atomic E-state index is 0.203. The molecule has 4 nitrogen and oxygen atoms in total. The van der Waals surface area contributed by atoms with Gasteiger partial charge in [-0.3, -0.25) is 4.79 Å². The zero-order valence-electron chi connectivity index (χ0n) is 12.3. The lowest BCUT2D eigenvalue weighted by atomic mass is 9.88. The second-order valence-corrected chi connectivity index (χ2v) is 6.01.